The van der Waals surface area contributed by atoms with Gasteiger partial charge in [0.25, 0.3) is 0 Å². The van der Waals surface area contributed by atoms with E-state index in [1.165, 1.54) is 6.33 Å². The van der Waals surface area contributed by atoms with E-state index in [-0.39, 0.29) is 0 Å². The van der Waals surface area contributed by atoms with Crippen molar-refractivity contribution in [3.05, 3.63) is 49.1 Å². The van der Waals surface area contributed by atoms with E-state index >= 15 is 0 Å². The van der Waals surface area contributed by atoms with Crippen LogP contribution in [-0.2, 0) is 6.54 Å². The fraction of sp³-hybridized carbons (Fsp3) is 0.318. The molecule has 0 bridgehead atoms. The van der Waals surface area contributed by atoms with Crippen molar-refractivity contribution in [3.8, 4) is 17.4 Å². The number of aromatic nitrogens is 6. The van der Waals surface area contributed by atoms with Crippen LogP contribution in [0.25, 0.3) is 10.9 Å². The van der Waals surface area contributed by atoms with E-state index < -0.39 is 0 Å². The highest BCUT2D eigenvalue weighted by atomic mass is 16.5. The zero-order chi connectivity index (χ0) is 22.3. The molecule has 4 rings (SSSR count). The maximum atomic E-state index is 5.94. The number of nitrogens with one attached hydrogen (secondary N) is 1. The summed E-state index contributed by atoms with van der Waals surface area (Å²) in [5.41, 5.74) is 0.785. The first kappa shape index (κ1) is 21.4. The quantitative estimate of drug-likeness (QED) is 0.365. The predicted octanol–water partition coefficient (Wildman–Crippen LogP) is 2.52. The summed E-state index contributed by atoms with van der Waals surface area (Å²) in [6.45, 7) is 8.51. The zero-order valence-electron chi connectivity index (χ0n) is 18.4. The Balaban J connectivity index is 1.45. The summed E-state index contributed by atoms with van der Waals surface area (Å²) in [5.74, 6) is 3.05. The van der Waals surface area contributed by atoms with Gasteiger partial charge in [-0.25, -0.2) is 15.0 Å². The average molecular weight is 436 g/mol. The van der Waals surface area contributed by atoms with Crippen LogP contribution in [0.1, 0.15) is 20.8 Å². The van der Waals surface area contributed by atoms with Crippen LogP contribution in [0.4, 0.5) is 11.6 Å². The Morgan fingerprint density at radius 3 is 2.69 bits per heavy atom. The molecule has 0 saturated heterocycles. The molecule has 32 heavy (non-hydrogen) atoms. The number of anilines is 2. The summed E-state index contributed by atoms with van der Waals surface area (Å²) >= 11 is 0. The Morgan fingerprint density at radius 2 is 1.94 bits per heavy atom. The van der Waals surface area contributed by atoms with Crippen LogP contribution in [-0.4, -0.2) is 49.1 Å². The normalized spacial score (nSPS) is 11.1. The van der Waals surface area contributed by atoms with Gasteiger partial charge in [-0.05, 0) is 45.0 Å². The third-order valence-corrected chi connectivity index (χ3v) is 4.63. The molecule has 10 nitrogen and oxygen atoms in total. The Morgan fingerprint density at radius 1 is 1.06 bits per heavy atom. The van der Waals surface area contributed by atoms with Gasteiger partial charge in [-0.2, -0.15) is 9.90 Å². The summed E-state index contributed by atoms with van der Waals surface area (Å²) in [6, 6.07) is 9.79. The number of nitrogens with two attached hydrogens (primary N) is 1. The second-order valence-corrected chi connectivity index (χ2v) is 7.50. The molecule has 0 unspecified atom stereocenters. The minimum atomic E-state index is 0.475. The third kappa shape index (κ3) is 5.46. The Bertz CT molecular complexity index is 1160. The van der Waals surface area contributed by atoms with Crippen LogP contribution >= 0.6 is 0 Å². The smallest absolute Gasteiger partial charge is 0.219 e. The van der Waals surface area contributed by atoms with E-state index in [2.05, 4.69) is 49.6 Å². The van der Waals surface area contributed by atoms with Gasteiger partial charge in [0.1, 0.15) is 36.8 Å². The number of quaternary nitrogens is 1. The van der Waals surface area contributed by atoms with Gasteiger partial charge in [0.15, 0.2) is 5.82 Å². The average Bonchev–Trinajstić information content (AvgIpc) is 3.26. The highest BCUT2D eigenvalue weighted by Gasteiger charge is 2.09. The molecule has 3 heterocycles. The minimum Gasteiger partial charge on any atom is -0.486 e. The maximum Gasteiger partial charge on any atom is 0.219 e. The Labute approximate surface area is 186 Å². The largest absolute Gasteiger partial charge is 0.486 e. The minimum absolute atomic E-state index is 0.475. The summed E-state index contributed by atoms with van der Waals surface area (Å²) in [6.07, 6.45) is 4.83. The lowest BCUT2D eigenvalue weighted by atomic mass is 10.2. The number of nitrogens with zero attached hydrogens (tertiary/aromatic N) is 6. The maximum absolute atomic E-state index is 5.94. The lowest BCUT2D eigenvalue weighted by molar-refractivity contribution is -0.683. The third-order valence-electron chi connectivity index (χ3n) is 4.63. The van der Waals surface area contributed by atoms with Crippen molar-refractivity contribution in [3.63, 3.8) is 0 Å². The first-order valence-electron chi connectivity index (χ1n) is 10.6. The molecule has 1 aromatic carbocycles. The predicted molar refractivity (Wildman–Crippen MR) is 120 cm³/mol. The van der Waals surface area contributed by atoms with Crippen molar-refractivity contribution < 1.29 is 14.8 Å². The molecule has 0 aliphatic rings. The second kappa shape index (κ2) is 10.0. The van der Waals surface area contributed by atoms with E-state index in [1.807, 2.05) is 31.2 Å². The van der Waals surface area contributed by atoms with Crippen LogP contribution in [0.5, 0.6) is 17.4 Å². The van der Waals surface area contributed by atoms with Crippen LogP contribution in [0.3, 0.4) is 0 Å². The van der Waals surface area contributed by atoms with E-state index in [0.29, 0.717) is 48.2 Å². The second-order valence-electron chi connectivity index (χ2n) is 7.50. The number of hydrogen-bond donors (Lipinski definition) is 2. The number of rotatable bonds is 10. The molecule has 0 amide bonds. The molecule has 10 heteroatoms. The van der Waals surface area contributed by atoms with Crippen molar-refractivity contribution in [1.29, 1.82) is 0 Å². The standard InChI is InChI=1S/C22H26N8O2/c1-4-30-27-13-20(29-30)28-22-18-11-16(5-7-19(18)25-14-26-22)32-21-8-6-17(12-24-21)31-10-9-23-15(2)3/h5-8,11-15,23H,4,9-10H2,1-3H3,(H,25,26,28,29)/p+1. The number of ether oxygens (including phenoxy) is 2. The topological polar surface area (TPSA) is 116 Å². The molecular weight excluding hydrogens is 408 g/mol. The van der Waals surface area contributed by atoms with Crippen molar-refractivity contribution in [2.45, 2.75) is 33.4 Å². The monoisotopic (exact) mass is 435 g/mol. The van der Waals surface area contributed by atoms with Crippen molar-refractivity contribution in [1.82, 2.24) is 29.9 Å². The summed E-state index contributed by atoms with van der Waals surface area (Å²) < 4.78 is 11.7. The van der Waals surface area contributed by atoms with E-state index in [9.17, 15) is 0 Å². The number of pyridine rings is 1. The van der Waals surface area contributed by atoms with Gasteiger partial charge in [0.05, 0.1) is 30.5 Å². The molecule has 4 aromatic rings. The fourth-order valence-electron chi connectivity index (χ4n) is 3.04. The van der Waals surface area contributed by atoms with Crippen molar-refractivity contribution >= 4 is 22.5 Å². The molecule has 0 atom stereocenters. The highest BCUT2D eigenvalue weighted by molar-refractivity contribution is 5.91. The first-order valence-corrected chi connectivity index (χ1v) is 10.6. The summed E-state index contributed by atoms with van der Waals surface area (Å²) in [5, 5.41) is 14.7. The zero-order valence-corrected chi connectivity index (χ0v) is 18.4. The van der Waals surface area contributed by atoms with Gasteiger partial charge in [-0.15, -0.1) is 5.10 Å². The van der Waals surface area contributed by atoms with Crippen molar-refractivity contribution in [2.24, 2.45) is 0 Å². The van der Waals surface area contributed by atoms with E-state index in [1.54, 1.807) is 23.3 Å². The van der Waals surface area contributed by atoms with Crippen LogP contribution in [0, 0.1) is 0 Å². The van der Waals surface area contributed by atoms with E-state index in [0.717, 1.165) is 17.4 Å². The van der Waals surface area contributed by atoms with Crippen LogP contribution < -0.4 is 20.1 Å². The SMILES string of the molecule is CCn1ncc(Nc2ncnc3ccc(Oc4ccc(OCC[NH2+]C(C)C)cn4)cc23)n1. The molecule has 0 saturated carbocycles. The molecule has 0 radical (unpaired) electrons. The highest BCUT2D eigenvalue weighted by Crippen LogP contribution is 2.28. The fourth-order valence-corrected chi connectivity index (χ4v) is 3.04. The number of benzene rings is 1. The molecular formula is C22H27N8O2+. The summed E-state index contributed by atoms with van der Waals surface area (Å²) in [7, 11) is 0. The molecule has 0 aliphatic carbocycles. The lowest BCUT2D eigenvalue weighted by Gasteiger charge is -2.10. The molecule has 0 spiro atoms. The van der Waals surface area contributed by atoms with Gasteiger partial charge in [0.2, 0.25) is 5.88 Å². The van der Waals surface area contributed by atoms with Gasteiger partial charge in [0, 0.05) is 11.5 Å². The van der Waals surface area contributed by atoms with Gasteiger partial charge >= 0.3 is 0 Å². The van der Waals surface area contributed by atoms with Crippen LogP contribution in [0.15, 0.2) is 49.1 Å². The van der Waals surface area contributed by atoms with Gasteiger partial charge < -0.3 is 20.1 Å². The number of hydrogen-bond acceptors (Lipinski definition) is 8. The summed E-state index contributed by atoms with van der Waals surface area (Å²) in [4.78, 5) is 14.6. The molecule has 3 aromatic heterocycles. The molecule has 0 aliphatic heterocycles. The molecule has 3 N–H and O–H groups in total. The lowest BCUT2D eigenvalue weighted by Crippen LogP contribution is -2.89. The Kier molecular flexibility index (Phi) is 6.71. The molecule has 166 valence electrons. The first-order chi connectivity index (χ1) is 15.6. The number of aryl methyl sites for hydroxylation is 1. The van der Waals surface area contributed by atoms with Gasteiger partial charge in [-0.1, -0.05) is 0 Å². The molecule has 0 fully saturated rings. The van der Waals surface area contributed by atoms with Crippen molar-refractivity contribution in [2.75, 3.05) is 18.5 Å². The van der Waals surface area contributed by atoms with E-state index in [4.69, 9.17) is 9.47 Å². The van der Waals surface area contributed by atoms with Crippen LogP contribution in [0.2, 0.25) is 0 Å². The number of fused-ring (bicyclic) bond motifs is 1. The Hall–Kier alpha value is -3.79. The van der Waals surface area contributed by atoms with Gasteiger partial charge in [-0.3, -0.25) is 0 Å².